The summed E-state index contributed by atoms with van der Waals surface area (Å²) in [4.78, 5) is 18.3. The summed E-state index contributed by atoms with van der Waals surface area (Å²) in [6.45, 7) is 2.34. The highest BCUT2D eigenvalue weighted by Gasteiger charge is 2.14. The second kappa shape index (κ2) is 8.67. The molecule has 6 heteroatoms. The fraction of sp³-hybridized carbons (Fsp3) is 0.250. The summed E-state index contributed by atoms with van der Waals surface area (Å²) in [6, 6.07) is 18.0. The van der Waals surface area contributed by atoms with Gasteiger partial charge in [0.25, 0.3) is 0 Å². The zero-order valence-corrected chi connectivity index (χ0v) is 15.7. The van der Waals surface area contributed by atoms with Crippen molar-refractivity contribution in [3.8, 4) is 11.4 Å². The van der Waals surface area contributed by atoms with Crippen LogP contribution in [0.2, 0.25) is 0 Å². The van der Waals surface area contributed by atoms with Gasteiger partial charge in [0.05, 0.1) is 12.3 Å². The standard InChI is InChI=1S/C20H21N3O2S/c1-15-8-10-17(11-9-15)20-21-18(25-22-20)12-23(2)19(24)14-26-13-16-6-4-3-5-7-16/h3-11H,12-14H2,1-2H3. The molecule has 0 bridgehead atoms. The van der Waals surface area contributed by atoms with Gasteiger partial charge in [-0.1, -0.05) is 65.3 Å². The smallest absolute Gasteiger partial charge is 0.246 e. The van der Waals surface area contributed by atoms with Gasteiger partial charge in [0, 0.05) is 18.4 Å². The minimum absolute atomic E-state index is 0.0426. The Balaban J connectivity index is 1.50. The predicted octanol–water partition coefficient (Wildman–Crippen LogP) is 3.94. The van der Waals surface area contributed by atoms with Crippen LogP contribution in [-0.2, 0) is 17.1 Å². The molecule has 0 radical (unpaired) electrons. The van der Waals surface area contributed by atoms with E-state index in [-0.39, 0.29) is 5.91 Å². The average Bonchev–Trinajstić information content (AvgIpc) is 3.11. The lowest BCUT2D eigenvalue weighted by molar-refractivity contribution is -0.127. The van der Waals surface area contributed by atoms with E-state index in [0.29, 0.717) is 24.0 Å². The van der Waals surface area contributed by atoms with Gasteiger partial charge in [-0.25, -0.2) is 0 Å². The van der Waals surface area contributed by atoms with Crippen molar-refractivity contribution in [1.29, 1.82) is 0 Å². The number of aromatic nitrogens is 2. The Hall–Kier alpha value is -2.60. The normalized spacial score (nSPS) is 10.7. The van der Waals surface area contributed by atoms with Crippen LogP contribution in [-0.4, -0.2) is 33.7 Å². The number of aryl methyl sites for hydroxylation is 1. The van der Waals surface area contributed by atoms with Crippen LogP contribution in [0.3, 0.4) is 0 Å². The minimum Gasteiger partial charge on any atom is -0.337 e. The highest BCUT2D eigenvalue weighted by atomic mass is 32.2. The third-order valence-corrected chi connectivity index (χ3v) is 4.90. The zero-order valence-electron chi connectivity index (χ0n) is 14.9. The SMILES string of the molecule is Cc1ccc(-c2noc(CN(C)C(=O)CSCc3ccccc3)n2)cc1. The van der Waals surface area contributed by atoms with Crippen LogP contribution < -0.4 is 0 Å². The molecule has 1 aromatic heterocycles. The van der Waals surface area contributed by atoms with E-state index in [0.717, 1.165) is 11.3 Å². The second-order valence-electron chi connectivity index (χ2n) is 6.11. The predicted molar refractivity (Wildman–Crippen MR) is 104 cm³/mol. The highest BCUT2D eigenvalue weighted by Crippen LogP contribution is 2.17. The molecule has 0 fully saturated rings. The van der Waals surface area contributed by atoms with Gasteiger partial charge < -0.3 is 9.42 Å². The summed E-state index contributed by atoms with van der Waals surface area (Å²) in [7, 11) is 1.75. The summed E-state index contributed by atoms with van der Waals surface area (Å²) in [5, 5.41) is 4.00. The van der Waals surface area contributed by atoms with Crippen molar-refractivity contribution in [3.05, 3.63) is 71.6 Å². The quantitative estimate of drug-likeness (QED) is 0.633. The van der Waals surface area contributed by atoms with E-state index in [1.165, 1.54) is 11.1 Å². The number of thioether (sulfide) groups is 1. The van der Waals surface area contributed by atoms with Gasteiger partial charge in [-0.2, -0.15) is 4.98 Å². The minimum atomic E-state index is 0.0426. The highest BCUT2D eigenvalue weighted by molar-refractivity contribution is 7.99. The number of carbonyl (C=O) groups excluding carboxylic acids is 1. The van der Waals surface area contributed by atoms with Crippen LogP contribution >= 0.6 is 11.8 Å². The van der Waals surface area contributed by atoms with Gasteiger partial charge in [0.2, 0.25) is 17.6 Å². The molecule has 134 valence electrons. The molecule has 3 aromatic rings. The van der Waals surface area contributed by atoms with E-state index < -0.39 is 0 Å². The maximum Gasteiger partial charge on any atom is 0.246 e. The average molecular weight is 367 g/mol. The van der Waals surface area contributed by atoms with Gasteiger partial charge in [-0.15, -0.1) is 11.8 Å². The van der Waals surface area contributed by atoms with E-state index in [2.05, 4.69) is 22.3 Å². The van der Waals surface area contributed by atoms with Crippen molar-refractivity contribution in [1.82, 2.24) is 15.0 Å². The van der Waals surface area contributed by atoms with Crippen LogP contribution in [0.1, 0.15) is 17.0 Å². The molecular formula is C20H21N3O2S. The van der Waals surface area contributed by atoms with Gasteiger partial charge in [-0.05, 0) is 12.5 Å². The molecule has 1 amide bonds. The number of rotatable bonds is 7. The molecule has 5 nitrogen and oxygen atoms in total. The van der Waals surface area contributed by atoms with Crippen molar-refractivity contribution >= 4 is 17.7 Å². The number of hydrogen-bond acceptors (Lipinski definition) is 5. The molecule has 26 heavy (non-hydrogen) atoms. The van der Waals surface area contributed by atoms with E-state index in [9.17, 15) is 4.79 Å². The van der Waals surface area contributed by atoms with E-state index in [4.69, 9.17) is 4.52 Å². The molecule has 0 saturated carbocycles. The largest absolute Gasteiger partial charge is 0.337 e. The molecule has 0 atom stereocenters. The Morgan fingerprint density at radius 1 is 1.12 bits per heavy atom. The second-order valence-corrected chi connectivity index (χ2v) is 7.09. The third kappa shape index (κ3) is 4.95. The lowest BCUT2D eigenvalue weighted by Gasteiger charge is -2.14. The molecular weight excluding hydrogens is 346 g/mol. The molecule has 2 aromatic carbocycles. The fourth-order valence-corrected chi connectivity index (χ4v) is 3.30. The zero-order chi connectivity index (χ0) is 18.4. The van der Waals surface area contributed by atoms with Gasteiger partial charge in [-0.3, -0.25) is 4.79 Å². The first-order chi connectivity index (χ1) is 12.6. The maximum atomic E-state index is 12.3. The van der Waals surface area contributed by atoms with Crippen molar-refractivity contribution in [2.24, 2.45) is 0 Å². The first-order valence-corrected chi connectivity index (χ1v) is 9.52. The Bertz CT molecular complexity index is 847. The number of carbonyl (C=O) groups is 1. The lowest BCUT2D eigenvalue weighted by atomic mass is 10.1. The molecule has 0 aliphatic heterocycles. The Morgan fingerprint density at radius 3 is 2.58 bits per heavy atom. The summed E-state index contributed by atoms with van der Waals surface area (Å²) < 4.78 is 5.28. The molecule has 0 aliphatic rings. The Labute approximate surface area is 157 Å². The van der Waals surface area contributed by atoms with Gasteiger partial charge in [0.15, 0.2) is 0 Å². The summed E-state index contributed by atoms with van der Waals surface area (Å²) in [5.41, 5.74) is 3.29. The molecule has 0 N–H and O–H groups in total. The van der Waals surface area contributed by atoms with E-state index in [1.807, 2.05) is 49.4 Å². The van der Waals surface area contributed by atoms with Crippen LogP contribution in [0.5, 0.6) is 0 Å². The van der Waals surface area contributed by atoms with Gasteiger partial charge in [0.1, 0.15) is 0 Å². The first kappa shape index (κ1) is 18.2. The van der Waals surface area contributed by atoms with Gasteiger partial charge >= 0.3 is 0 Å². The fourth-order valence-electron chi connectivity index (χ4n) is 2.37. The summed E-state index contributed by atoms with van der Waals surface area (Å²) in [6.07, 6.45) is 0. The first-order valence-electron chi connectivity index (χ1n) is 8.37. The summed E-state index contributed by atoms with van der Waals surface area (Å²) >= 11 is 1.60. The topological polar surface area (TPSA) is 59.2 Å². The van der Waals surface area contributed by atoms with Crippen molar-refractivity contribution < 1.29 is 9.32 Å². The number of nitrogens with zero attached hydrogens (tertiary/aromatic N) is 3. The molecule has 0 aliphatic carbocycles. The van der Waals surface area contributed by atoms with Crippen molar-refractivity contribution in [2.45, 2.75) is 19.2 Å². The van der Waals surface area contributed by atoms with Crippen molar-refractivity contribution in [2.75, 3.05) is 12.8 Å². The van der Waals surface area contributed by atoms with Crippen LogP contribution in [0, 0.1) is 6.92 Å². The molecule has 0 spiro atoms. The Morgan fingerprint density at radius 2 is 1.85 bits per heavy atom. The summed E-state index contributed by atoms with van der Waals surface area (Å²) in [5.74, 6) is 2.26. The Kier molecular flexibility index (Phi) is 6.07. The lowest BCUT2D eigenvalue weighted by Crippen LogP contribution is -2.28. The number of benzene rings is 2. The molecule has 0 saturated heterocycles. The third-order valence-electron chi connectivity index (χ3n) is 3.91. The monoisotopic (exact) mass is 367 g/mol. The van der Waals surface area contributed by atoms with E-state index in [1.54, 1.807) is 23.7 Å². The van der Waals surface area contributed by atoms with Crippen LogP contribution in [0.25, 0.3) is 11.4 Å². The number of hydrogen-bond donors (Lipinski definition) is 0. The van der Waals surface area contributed by atoms with Crippen LogP contribution in [0.4, 0.5) is 0 Å². The van der Waals surface area contributed by atoms with Crippen LogP contribution in [0.15, 0.2) is 59.1 Å². The molecule has 1 heterocycles. The van der Waals surface area contributed by atoms with E-state index >= 15 is 0 Å². The molecule has 3 rings (SSSR count). The maximum absolute atomic E-state index is 12.3. The molecule has 0 unspecified atom stereocenters. The number of amides is 1. The van der Waals surface area contributed by atoms with Crippen molar-refractivity contribution in [3.63, 3.8) is 0 Å².